The molecule has 628 valence electrons. The van der Waals surface area contributed by atoms with Crippen LogP contribution in [0.2, 0.25) is 0 Å². The molecule has 5 unspecified atom stereocenters. The van der Waals surface area contributed by atoms with Gasteiger partial charge in [-0.3, -0.25) is 32.5 Å². The van der Waals surface area contributed by atoms with E-state index >= 15 is 0 Å². The summed E-state index contributed by atoms with van der Waals surface area (Å²) >= 11 is 0. The minimum Gasteiger partial charge on any atom is -0.463 e. The molecule has 0 aromatic rings. The Hall–Kier alpha value is -5.87. The molecule has 0 saturated heterocycles. The van der Waals surface area contributed by atoms with Crippen LogP contribution in [0.4, 0.5) is 0 Å². The van der Waals surface area contributed by atoms with Crippen molar-refractivity contribution in [3.8, 4) is 0 Å². The first kappa shape index (κ1) is 105. The smallest absolute Gasteiger partial charge is 0.463 e. The van der Waals surface area contributed by atoms with Gasteiger partial charge in [0.15, 0.2) is 6.10 Å². The van der Waals surface area contributed by atoms with Crippen LogP contribution in [-0.4, -0.2) is 95.9 Å². The van der Waals surface area contributed by atoms with Crippen molar-refractivity contribution < 1.29 is 75.8 Å². The molecule has 111 heavy (non-hydrogen) atoms. The van der Waals surface area contributed by atoms with Crippen LogP contribution in [0.3, 0.4) is 0 Å². The van der Waals surface area contributed by atoms with Crippen LogP contribution in [0.25, 0.3) is 0 Å². The maximum atomic E-state index is 13.0. The molecule has 0 aliphatic rings. The molecule has 0 fully saturated rings. The zero-order valence-corrected chi connectivity index (χ0v) is 70.6. The lowest BCUT2D eigenvalue weighted by molar-refractivity contribution is -0.161. The first-order valence-electron chi connectivity index (χ1n) is 42.4. The number of hydrogen-bond acceptors (Lipinski definition) is 14. The van der Waals surface area contributed by atoms with E-state index in [-0.39, 0.29) is 19.3 Å². The predicted molar refractivity (Wildman–Crippen MR) is 463 cm³/mol. The first-order chi connectivity index (χ1) is 54.2. The highest BCUT2D eigenvalue weighted by molar-refractivity contribution is 7.47. The van der Waals surface area contributed by atoms with Gasteiger partial charge >= 0.3 is 33.6 Å². The summed E-state index contributed by atoms with van der Waals surface area (Å²) in [6.07, 6.45) is 112. The number of esters is 3. The lowest BCUT2D eigenvalue weighted by Gasteiger charge is -2.21. The van der Waals surface area contributed by atoms with Gasteiger partial charge in [0.25, 0.3) is 0 Å². The summed E-state index contributed by atoms with van der Waals surface area (Å²) in [4.78, 5) is 58.8. The second-order valence-corrected chi connectivity index (χ2v) is 30.4. The fourth-order valence-corrected chi connectivity index (χ4v) is 12.3. The van der Waals surface area contributed by atoms with Gasteiger partial charge in [-0.25, -0.2) is 9.13 Å². The molecule has 16 nitrogen and oxygen atoms in total. The molecule has 0 aliphatic carbocycles. The number of ether oxygens (including phenoxy) is 3. The molecular weight excluding hydrogens is 1430 g/mol. The van der Waals surface area contributed by atoms with Gasteiger partial charge in [0.05, 0.1) is 26.4 Å². The van der Waals surface area contributed by atoms with Gasteiger partial charge in [-0.15, -0.1) is 0 Å². The molecule has 0 bridgehead atoms. The maximum absolute atomic E-state index is 13.0. The van der Waals surface area contributed by atoms with Crippen molar-refractivity contribution in [2.75, 3.05) is 39.6 Å². The van der Waals surface area contributed by atoms with E-state index in [1.54, 1.807) is 0 Å². The Bertz CT molecular complexity index is 2850. The molecule has 0 aromatic heterocycles. The normalized spacial score (nSPS) is 14.9. The van der Waals surface area contributed by atoms with Crippen LogP contribution in [0, 0.1) is 0 Å². The van der Waals surface area contributed by atoms with E-state index in [2.05, 4.69) is 209 Å². The molecule has 0 rings (SSSR count). The van der Waals surface area contributed by atoms with E-state index in [1.165, 1.54) is 89.9 Å². The summed E-state index contributed by atoms with van der Waals surface area (Å²) in [5.41, 5.74) is 0. The molecule has 0 spiro atoms. The number of phosphoric acid groups is 2. The van der Waals surface area contributed by atoms with Crippen LogP contribution in [0.15, 0.2) is 207 Å². The van der Waals surface area contributed by atoms with E-state index in [4.69, 9.17) is 32.3 Å². The number of phosphoric ester groups is 2. The molecule has 5 atom stereocenters. The standard InChI is InChI=1S/C93H150O16P2/c1-4-7-10-13-16-19-22-25-28-31-34-36-38-39-40-41-42-43-44-45-46-47-49-51-53-55-58-61-64-67-70-73-76-79-91(96)103-82-88(94)83-105-110(99,100)106-84-89(95)85-107-111(101,102)108-87-90(109-93(98)81-78-75-72-69-66-63-60-57-52-33-30-27-24-21-18-15-12-9-6-3)86-104-92(97)80-77-74-71-68-65-62-59-56-54-50-48-37-35-32-29-26-23-20-17-14-11-8-5-2/h7-12,16-21,25-30,34-37,39-40,50,52,54,57,59,62-63,66,72,75,88-90,94-95H,4-6,13-15,22-24,31-33,38,41-49,51,53,55-56,58,60-61,64-65,67-71,73-74,76-87H2,1-3H3,(H,99,100)(H,101,102)/b10-7-,11-8-,12-9-,19-16-,20-17-,21-18-,28-25-,29-26-,30-27-,36-34-,37-35-,40-39-,54-50-,57-52-,62-59-,66-63-,75-72-. The molecule has 18 heteroatoms. The van der Waals surface area contributed by atoms with Crippen LogP contribution in [-0.2, 0) is 55.8 Å². The molecule has 0 aliphatic heterocycles. The molecule has 0 amide bonds. The zero-order chi connectivity index (χ0) is 80.8. The molecule has 0 radical (unpaired) electrons. The predicted octanol–water partition coefficient (Wildman–Crippen LogP) is 25.7. The third-order valence-corrected chi connectivity index (χ3v) is 18.9. The number of aliphatic hydroxyl groups excluding tert-OH is 2. The Balaban J connectivity index is 4.61. The largest absolute Gasteiger partial charge is 0.472 e. The number of carbonyl (C=O) groups is 3. The Kier molecular flexibility index (Phi) is 79.1. The zero-order valence-electron chi connectivity index (χ0n) is 68.8. The number of unbranched alkanes of at least 4 members (excludes halogenated alkanes) is 21. The highest BCUT2D eigenvalue weighted by Gasteiger charge is 2.29. The summed E-state index contributed by atoms with van der Waals surface area (Å²) in [7, 11) is -9.85. The molecule has 0 aromatic carbocycles. The van der Waals surface area contributed by atoms with Gasteiger partial charge in [-0.2, -0.15) is 0 Å². The summed E-state index contributed by atoms with van der Waals surface area (Å²) in [6, 6.07) is 0. The van der Waals surface area contributed by atoms with Crippen molar-refractivity contribution in [3.63, 3.8) is 0 Å². The van der Waals surface area contributed by atoms with Gasteiger partial charge in [0, 0.05) is 19.3 Å². The van der Waals surface area contributed by atoms with Crippen LogP contribution < -0.4 is 0 Å². The first-order valence-corrected chi connectivity index (χ1v) is 45.4. The Labute approximate surface area is 673 Å². The molecule has 4 N–H and O–H groups in total. The minimum absolute atomic E-state index is 0.0349. The van der Waals surface area contributed by atoms with Crippen LogP contribution >= 0.6 is 15.6 Å². The third-order valence-electron chi connectivity index (χ3n) is 17.0. The quantitative estimate of drug-likeness (QED) is 0.0146. The van der Waals surface area contributed by atoms with Crippen LogP contribution in [0.5, 0.6) is 0 Å². The summed E-state index contributed by atoms with van der Waals surface area (Å²) in [5, 5.41) is 20.7. The summed E-state index contributed by atoms with van der Waals surface area (Å²) in [5.74, 6) is -1.71. The van der Waals surface area contributed by atoms with Gasteiger partial charge in [0.1, 0.15) is 25.4 Å². The van der Waals surface area contributed by atoms with Crippen molar-refractivity contribution in [3.05, 3.63) is 207 Å². The van der Waals surface area contributed by atoms with E-state index in [0.717, 1.165) is 148 Å². The van der Waals surface area contributed by atoms with Crippen LogP contribution in [0.1, 0.15) is 303 Å². The van der Waals surface area contributed by atoms with Crippen molar-refractivity contribution >= 4 is 33.6 Å². The van der Waals surface area contributed by atoms with Crippen molar-refractivity contribution in [2.45, 2.75) is 322 Å². The Morgan fingerprint density at radius 2 is 0.468 bits per heavy atom. The fraction of sp³-hybridized carbons (Fsp3) is 0.602. The maximum Gasteiger partial charge on any atom is 0.472 e. The van der Waals surface area contributed by atoms with E-state index in [1.807, 2.05) is 18.2 Å². The second-order valence-electron chi connectivity index (χ2n) is 27.5. The van der Waals surface area contributed by atoms with Crippen molar-refractivity contribution in [2.24, 2.45) is 0 Å². The Morgan fingerprint density at radius 3 is 0.748 bits per heavy atom. The highest BCUT2D eigenvalue weighted by atomic mass is 31.2. The van der Waals surface area contributed by atoms with Gasteiger partial charge < -0.3 is 34.2 Å². The third kappa shape index (κ3) is 84.9. The topological polar surface area (TPSA) is 231 Å². The summed E-state index contributed by atoms with van der Waals surface area (Å²) < 4.78 is 61.2. The SMILES string of the molecule is CC/C=C\C/C=C\C/C=C\C/C=C\C/C=C\C/C=C\CCCCCCC(=O)OCC(COP(=O)(O)OCC(O)COP(=O)(O)OCC(O)COC(=O)CCCCCCCCCCCCCCCCCCC/C=C\C/C=C\C/C=C\C/C=C\C/C=C\CC)OC(=O)CC/C=C\C/C=C\C/C=C\C/C=C\C/C=C\C/C=C\CC. The Morgan fingerprint density at radius 1 is 0.252 bits per heavy atom. The average Bonchev–Trinajstić information content (AvgIpc) is 0.902. The molecular formula is C93H150O16P2. The van der Waals surface area contributed by atoms with Crippen molar-refractivity contribution in [1.82, 2.24) is 0 Å². The number of allylic oxidation sites excluding steroid dienone is 34. The number of aliphatic hydroxyl groups is 2. The fourth-order valence-electron chi connectivity index (χ4n) is 10.7. The highest BCUT2D eigenvalue weighted by Crippen LogP contribution is 2.45. The van der Waals surface area contributed by atoms with E-state index < -0.39 is 91.5 Å². The number of rotatable bonds is 78. The average molecular weight is 1590 g/mol. The van der Waals surface area contributed by atoms with E-state index in [0.29, 0.717) is 25.7 Å². The van der Waals surface area contributed by atoms with Gasteiger partial charge in [-0.05, 0) is 154 Å². The minimum atomic E-state index is -4.97. The lowest BCUT2D eigenvalue weighted by Crippen LogP contribution is -2.29. The molecule has 0 saturated carbocycles. The number of hydrogen-bond donors (Lipinski definition) is 4. The van der Waals surface area contributed by atoms with E-state index in [9.17, 15) is 43.5 Å². The van der Waals surface area contributed by atoms with Crippen molar-refractivity contribution in [1.29, 1.82) is 0 Å². The lowest BCUT2D eigenvalue weighted by atomic mass is 10.0. The molecule has 0 heterocycles. The monoisotopic (exact) mass is 1590 g/mol. The number of carbonyl (C=O) groups excluding carboxylic acids is 3. The van der Waals surface area contributed by atoms with Gasteiger partial charge in [0.2, 0.25) is 0 Å². The second kappa shape index (κ2) is 83.6. The summed E-state index contributed by atoms with van der Waals surface area (Å²) in [6.45, 7) is 2.21. The van der Waals surface area contributed by atoms with Gasteiger partial charge in [-0.1, -0.05) is 337 Å².